The van der Waals surface area contributed by atoms with Gasteiger partial charge in [-0.2, -0.15) is 0 Å². The summed E-state index contributed by atoms with van der Waals surface area (Å²) in [7, 11) is 1.69. The maximum atomic E-state index is 12.2. The highest BCUT2D eigenvalue weighted by Crippen LogP contribution is 2.24. The van der Waals surface area contributed by atoms with Crippen molar-refractivity contribution in [3.05, 3.63) is 54.7 Å². The summed E-state index contributed by atoms with van der Waals surface area (Å²) >= 11 is 4.87. The molecule has 110 valence electrons. The number of rotatable bonds is 5. The van der Waals surface area contributed by atoms with Gasteiger partial charge in [0.15, 0.2) is 0 Å². The van der Waals surface area contributed by atoms with Crippen molar-refractivity contribution in [1.29, 1.82) is 0 Å². The minimum absolute atomic E-state index is 0.0412. The first kappa shape index (κ1) is 15.5. The summed E-state index contributed by atoms with van der Waals surface area (Å²) in [5, 5.41) is 18.5. The molecule has 0 aliphatic heterocycles. The van der Waals surface area contributed by atoms with Crippen LogP contribution in [0, 0.1) is 10.1 Å². The molecule has 2 N–H and O–H groups in total. The summed E-state index contributed by atoms with van der Waals surface area (Å²) in [6, 6.07) is 6.24. The van der Waals surface area contributed by atoms with E-state index in [2.05, 4.69) is 26.6 Å². The van der Waals surface area contributed by atoms with Gasteiger partial charge < -0.3 is 10.6 Å². The molecular formula is C13H12BrN3O3S. The third-order valence-corrected chi connectivity index (χ3v) is 4.75. The number of hydrogen-bond acceptors (Lipinski definition) is 5. The van der Waals surface area contributed by atoms with E-state index >= 15 is 0 Å². The molecule has 0 aliphatic rings. The monoisotopic (exact) mass is 369 g/mol. The number of amides is 1. The van der Waals surface area contributed by atoms with Gasteiger partial charge in [0, 0.05) is 28.2 Å². The standard InChI is InChI=1S/C13H12BrN3O3S/c1-15-8-2-3-11(17(19)20)9(6-8)13(18)16-7-12-10(14)4-5-21-12/h2-6,15H,7H2,1H3,(H,16,18). The summed E-state index contributed by atoms with van der Waals surface area (Å²) in [6.07, 6.45) is 0. The van der Waals surface area contributed by atoms with Gasteiger partial charge in [-0.05, 0) is 39.5 Å². The molecule has 2 rings (SSSR count). The van der Waals surface area contributed by atoms with Gasteiger partial charge in [0.05, 0.1) is 11.5 Å². The van der Waals surface area contributed by atoms with Gasteiger partial charge >= 0.3 is 0 Å². The van der Waals surface area contributed by atoms with Gasteiger partial charge in [0.2, 0.25) is 0 Å². The molecule has 1 amide bonds. The van der Waals surface area contributed by atoms with E-state index in [0.29, 0.717) is 12.2 Å². The Morgan fingerprint density at radius 3 is 2.76 bits per heavy atom. The zero-order chi connectivity index (χ0) is 15.4. The minimum Gasteiger partial charge on any atom is -0.388 e. The van der Waals surface area contributed by atoms with Crippen LogP contribution in [0.1, 0.15) is 15.2 Å². The number of anilines is 1. The van der Waals surface area contributed by atoms with Gasteiger partial charge in [-0.15, -0.1) is 11.3 Å². The van der Waals surface area contributed by atoms with E-state index in [1.165, 1.54) is 23.5 Å². The molecule has 0 saturated carbocycles. The minimum atomic E-state index is -0.560. The molecule has 8 heteroatoms. The van der Waals surface area contributed by atoms with Gasteiger partial charge in [-0.1, -0.05) is 0 Å². The van der Waals surface area contributed by atoms with Crippen molar-refractivity contribution in [2.24, 2.45) is 0 Å². The molecule has 1 heterocycles. The third-order valence-electron chi connectivity index (χ3n) is 2.83. The van der Waals surface area contributed by atoms with Crippen LogP contribution in [0.15, 0.2) is 34.1 Å². The maximum Gasteiger partial charge on any atom is 0.282 e. The van der Waals surface area contributed by atoms with Crippen molar-refractivity contribution in [2.75, 3.05) is 12.4 Å². The Hall–Kier alpha value is -1.93. The van der Waals surface area contributed by atoms with Crippen LogP contribution >= 0.6 is 27.3 Å². The Morgan fingerprint density at radius 1 is 1.43 bits per heavy atom. The molecule has 0 spiro atoms. The molecule has 2 aromatic rings. The highest BCUT2D eigenvalue weighted by Gasteiger charge is 2.20. The molecule has 0 aliphatic carbocycles. The van der Waals surface area contributed by atoms with E-state index in [9.17, 15) is 14.9 Å². The second-order valence-corrected chi connectivity index (χ2v) is 5.97. The first-order chi connectivity index (χ1) is 10.0. The molecule has 21 heavy (non-hydrogen) atoms. The van der Waals surface area contributed by atoms with E-state index in [1.807, 2.05) is 11.4 Å². The van der Waals surface area contributed by atoms with Crippen LogP contribution in [0.25, 0.3) is 0 Å². The number of benzene rings is 1. The van der Waals surface area contributed by atoms with Crippen molar-refractivity contribution in [1.82, 2.24) is 5.32 Å². The van der Waals surface area contributed by atoms with Crippen molar-refractivity contribution < 1.29 is 9.72 Å². The molecule has 0 atom stereocenters. The highest BCUT2D eigenvalue weighted by atomic mass is 79.9. The predicted molar refractivity (Wildman–Crippen MR) is 85.8 cm³/mol. The van der Waals surface area contributed by atoms with E-state index in [1.54, 1.807) is 13.1 Å². The lowest BCUT2D eigenvalue weighted by molar-refractivity contribution is -0.385. The highest BCUT2D eigenvalue weighted by molar-refractivity contribution is 9.10. The maximum absolute atomic E-state index is 12.2. The second kappa shape index (κ2) is 6.68. The Balaban J connectivity index is 2.21. The first-order valence-corrected chi connectivity index (χ1v) is 7.66. The molecule has 1 aromatic heterocycles. The summed E-state index contributed by atoms with van der Waals surface area (Å²) in [4.78, 5) is 23.6. The fourth-order valence-electron chi connectivity index (χ4n) is 1.74. The normalized spacial score (nSPS) is 10.2. The molecule has 0 bridgehead atoms. The molecule has 0 radical (unpaired) electrons. The molecule has 0 saturated heterocycles. The average Bonchev–Trinajstić information content (AvgIpc) is 2.89. The van der Waals surface area contributed by atoms with Gasteiger partial charge in [-0.25, -0.2) is 0 Å². The SMILES string of the molecule is CNc1ccc([N+](=O)[O-])c(C(=O)NCc2sccc2Br)c1. The number of nitro benzene ring substituents is 1. The summed E-state index contributed by atoms with van der Waals surface area (Å²) < 4.78 is 0.909. The van der Waals surface area contributed by atoms with Crippen LogP contribution in [-0.4, -0.2) is 17.9 Å². The Kier molecular flexibility index (Phi) is 4.92. The number of hydrogen-bond donors (Lipinski definition) is 2. The topological polar surface area (TPSA) is 84.3 Å². The lowest BCUT2D eigenvalue weighted by Crippen LogP contribution is -2.23. The zero-order valence-corrected chi connectivity index (χ0v) is 13.5. The largest absolute Gasteiger partial charge is 0.388 e. The molecule has 6 nitrogen and oxygen atoms in total. The zero-order valence-electron chi connectivity index (χ0n) is 11.1. The first-order valence-electron chi connectivity index (χ1n) is 5.99. The summed E-state index contributed by atoms with van der Waals surface area (Å²) in [5.74, 6) is -0.473. The lowest BCUT2D eigenvalue weighted by atomic mass is 10.1. The van der Waals surface area contributed by atoms with E-state index in [4.69, 9.17) is 0 Å². The number of halogens is 1. The van der Waals surface area contributed by atoms with Crippen LogP contribution in [0.3, 0.4) is 0 Å². The lowest BCUT2D eigenvalue weighted by Gasteiger charge is -2.07. The summed E-state index contributed by atoms with van der Waals surface area (Å²) in [6.45, 7) is 0.317. The van der Waals surface area contributed by atoms with Gasteiger partial charge in [-0.3, -0.25) is 14.9 Å². The van der Waals surface area contributed by atoms with Gasteiger partial charge in [0.1, 0.15) is 5.56 Å². The summed E-state index contributed by atoms with van der Waals surface area (Å²) in [5.41, 5.74) is 0.472. The van der Waals surface area contributed by atoms with Gasteiger partial charge in [0.25, 0.3) is 11.6 Å². The third kappa shape index (κ3) is 3.59. The number of nitrogens with one attached hydrogen (secondary N) is 2. The average molecular weight is 370 g/mol. The Labute approximate surface area is 133 Å². The number of thiophene rings is 1. The molecule has 1 aromatic carbocycles. The van der Waals surface area contributed by atoms with E-state index in [0.717, 1.165) is 9.35 Å². The fourth-order valence-corrected chi connectivity index (χ4v) is 3.17. The van der Waals surface area contributed by atoms with Crippen molar-refractivity contribution in [3.8, 4) is 0 Å². The number of carbonyl (C=O) groups is 1. The smallest absolute Gasteiger partial charge is 0.282 e. The van der Waals surface area contributed by atoms with E-state index < -0.39 is 10.8 Å². The van der Waals surface area contributed by atoms with Crippen molar-refractivity contribution in [3.63, 3.8) is 0 Å². The van der Waals surface area contributed by atoms with Crippen molar-refractivity contribution >= 4 is 44.5 Å². The second-order valence-electron chi connectivity index (χ2n) is 4.11. The number of nitrogens with zero attached hydrogens (tertiary/aromatic N) is 1. The fraction of sp³-hybridized carbons (Fsp3) is 0.154. The Morgan fingerprint density at radius 2 is 2.19 bits per heavy atom. The van der Waals surface area contributed by atoms with Crippen LogP contribution < -0.4 is 10.6 Å². The van der Waals surface area contributed by atoms with E-state index in [-0.39, 0.29) is 11.3 Å². The number of nitro groups is 1. The van der Waals surface area contributed by atoms with Crippen LogP contribution in [0.5, 0.6) is 0 Å². The molecule has 0 unspecified atom stereocenters. The molecular weight excluding hydrogens is 358 g/mol. The van der Waals surface area contributed by atoms with Crippen molar-refractivity contribution in [2.45, 2.75) is 6.54 Å². The van der Waals surface area contributed by atoms with Crippen LogP contribution in [-0.2, 0) is 6.54 Å². The quantitative estimate of drug-likeness (QED) is 0.624. The van der Waals surface area contributed by atoms with Crippen LogP contribution in [0.4, 0.5) is 11.4 Å². The number of carbonyl (C=O) groups excluding carboxylic acids is 1. The Bertz CT molecular complexity index is 687. The van der Waals surface area contributed by atoms with Crippen LogP contribution in [0.2, 0.25) is 0 Å². The molecule has 0 fully saturated rings. The predicted octanol–water partition coefficient (Wildman–Crippen LogP) is 3.39.